The summed E-state index contributed by atoms with van der Waals surface area (Å²) >= 11 is 6.10. The second-order valence-corrected chi connectivity index (χ2v) is 5.23. The molecule has 4 heteroatoms. The third kappa shape index (κ3) is 2.97. The predicted molar refractivity (Wildman–Crippen MR) is 73.7 cm³/mol. The SMILES string of the molecule is COCCNCC1(c2cc(Cl)ccc2OC)CC1. The predicted octanol–water partition coefficient (Wildman–Crippen LogP) is 2.62. The summed E-state index contributed by atoms with van der Waals surface area (Å²) in [6, 6.07) is 5.86. The molecule has 2 rings (SSSR count). The molecule has 100 valence electrons. The van der Waals surface area contributed by atoms with Gasteiger partial charge in [0, 0.05) is 36.2 Å². The van der Waals surface area contributed by atoms with Crippen molar-refractivity contribution in [2.75, 3.05) is 33.9 Å². The Morgan fingerprint density at radius 2 is 2.11 bits per heavy atom. The van der Waals surface area contributed by atoms with Crippen LogP contribution in [0.15, 0.2) is 18.2 Å². The van der Waals surface area contributed by atoms with Crippen molar-refractivity contribution in [2.24, 2.45) is 0 Å². The van der Waals surface area contributed by atoms with Crippen LogP contribution in [0, 0.1) is 0 Å². The average molecular weight is 270 g/mol. The van der Waals surface area contributed by atoms with Gasteiger partial charge in [-0.15, -0.1) is 0 Å². The highest BCUT2D eigenvalue weighted by Crippen LogP contribution is 2.51. The molecule has 3 nitrogen and oxygen atoms in total. The molecule has 1 aromatic carbocycles. The fraction of sp³-hybridized carbons (Fsp3) is 0.571. The van der Waals surface area contributed by atoms with Crippen LogP contribution in [-0.4, -0.2) is 33.9 Å². The number of halogens is 1. The molecule has 0 amide bonds. The van der Waals surface area contributed by atoms with E-state index in [9.17, 15) is 0 Å². The molecule has 0 spiro atoms. The lowest BCUT2D eigenvalue weighted by molar-refractivity contribution is 0.198. The van der Waals surface area contributed by atoms with Gasteiger partial charge >= 0.3 is 0 Å². The molecule has 0 saturated heterocycles. The Bertz CT molecular complexity index is 405. The van der Waals surface area contributed by atoms with E-state index in [1.54, 1.807) is 14.2 Å². The van der Waals surface area contributed by atoms with Crippen LogP contribution in [0.3, 0.4) is 0 Å². The van der Waals surface area contributed by atoms with Gasteiger partial charge in [-0.2, -0.15) is 0 Å². The number of hydrogen-bond donors (Lipinski definition) is 1. The van der Waals surface area contributed by atoms with Gasteiger partial charge in [-0.25, -0.2) is 0 Å². The van der Waals surface area contributed by atoms with Gasteiger partial charge in [-0.05, 0) is 31.0 Å². The van der Waals surface area contributed by atoms with Crippen LogP contribution < -0.4 is 10.1 Å². The fourth-order valence-corrected chi connectivity index (χ4v) is 2.46. The summed E-state index contributed by atoms with van der Waals surface area (Å²) in [4.78, 5) is 0. The zero-order valence-electron chi connectivity index (χ0n) is 11.0. The summed E-state index contributed by atoms with van der Waals surface area (Å²) in [6.07, 6.45) is 2.37. The van der Waals surface area contributed by atoms with E-state index < -0.39 is 0 Å². The van der Waals surface area contributed by atoms with E-state index in [2.05, 4.69) is 5.32 Å². The number of hydrogen-bond acceptors (Lipinski definition) is 3. The molecule has 1 fully saturated rings. The van der Waals surface area contributed by atoms with Crippen LogP contribution in [0.1, 0.15) is 18.4 Å². The van der Waals surface area contributed by atoms with Crippen LogP contribution >= 0.6 is 11.6 Å². The summed E-state index contributed by atoms with van der Waals surface area (Å²) in [5.74, 6) is 0.936. The van der Waals surface area contributed by atoms with Gasteiger partial charge in [0.2, 0.25) is 0 Å². The van der Waals surface area contributed by atoms with E-state index in [4.69, 9.17) is 21.1 Å². The largest absolute Gasteiger partial charge is 0.496 e. The van der Waals surface area contributed by atoms with Crippen molar-refractivity contribution in [1.82, 2.24) is 5.32 Å². The molecule has 0 aromatic heterocycles. The van der Waals surface area contributed by atoms with E-state index in [0.717, 1.165) is 30.5 Å². The Balaban J connectivity index is 2.07. The van der Waals surface area contributed by atoms with Crippen LogP contribution in [0.25, 0.3) is 0 Å². The van der Waals surface area contributed by atoms with Gasteiger partial charge < -0.3 is 14.8 Å². The van der Waals surface area contributed by atoms with Crippen molar-refractivity contribution in [2.45, 2.75) is 18.3 Å². The molecule has 1 saturated carbocycles. The van der Waals surface area contributed by atoms with E-state index in [-0.39, 0.29) is 5.41 Å². The van der Waals surface area contributed by atoms with Gasteiger partial charge in [-0.1, -0.05) is 11.6 Å². The average Bonchev–Trinajstić information content (AvgIpc) is 3.16. The maximum atomic E-state index is 6.10. The maximum absolute atomic E-state index is 6.10. The minimum absolute atomic E-state index is 0.198. The highest BCUT2D eigenvalue weighted by molar-refractivity contribution is 6.30. The molecule has 18 heavy (non-hydrogen) atoms. The molecular weight excluding hydrogens is 250 g/mol. The molecule has 0 radical (unpaired) electrons. The zero-order chi connectivity index (χ0) is 13.0. The standard InChI is InChI=1S/C14H20ClNO2/c1-17-8-7-16-10-14(5-6-14)12-9-11(15)3-4-13(12)18-2/h3-4,9,16H,5-8,10H2,1-2H3. The number of rotatable bonds is 7. The molecule has 1 aromatic rings. The van der Waals surface area contributed by atoms with E-state index in [1.165, 1.54) is 18.4 Å². The quantitative estimate of drug-likeness (QED) is 0.772. The van der Waals surface area contributed by atoms with Crippen molar-refractivity contribution in [3.05, 3.63) is 28.8 Å². The third-order valence-electron chi connectivity index (χ3n) is 3.53. The van der Waals surface area contributed by atoms with Crippen molar-refractivity contribution in [3.8, 4) is 5.75 Å². The third-order valence-corrected chi connectivity index (χ3v) is 3.77. The van der Waals surface area contributed by atoms with Crippen molar-refractivity contribution in [3.63, 3.8) is 0 Å². The minimum Gasteiger partial charge on any atom is -0.496 e. The first-order chi connectivity index (χ1) is 8.72. The summed E-state index contributed by atoms with van der Waals surface area (Å²) in [7, 11) is 3.43. The number of nitrogens with one attached hydrogen (secondary N) is 1. The maximum Gasteiger partial charge on any atom is 0.122 e. The van der Waals surface area contributed by atoms with E-state index >= 15 is 0 Å². The molecule has 0 bridgehead atoms. The van der Waals surface area contributed by atoms with Crippen LogP contribution in [0.4, 0.5) is 0 Å². The normalized spacial score (nSPS) is 16.6. The molecule has 0 aliphatic heterocycles. The van der Waals surface area contributed by atoms with Crippen molar-refractivity contribution >= 4 is 11.6 Å². The molecule has 1 aliphatic carbocycles. The second kappa shape index (κ2) is 5.91. The van der Waals surface area contributed by atoms with Crippen LogP contribution in [0.2, 0.25) is 5.02 Å². The van der Waals surface area contributed by atoms with E-state index in [1.807, 2.05) is 18.2 Å². The fourth-order valence-electron chi connectivity index (χ4n) is 2.29. The van der Waals surface area contributed by atoms with Gasteiger partial charge in [0.05, 0.1) is 13.7 Å². The molecule has 0 unspecified atom stereocenters. The second-order valence-electron chi connectivity index (χ2n) is 4.79. The smallest absolute Gasteiger partial charge is 0.122 e. The first-order valence-electron chi connectivity index (χ1n) is 6.25. The van der Waals surface area contributed by atoms with Crippen molar-refractivity contribution < 1.29 is 9.47 Å². The summed E-state index contributed by atoms with van der Waals surface area (Å²) in [5.41, 5.74) is 1.42. The van der Waals surface area contributed by atoms with Gasteiger partial charge in [0.25, 0.3) is 0 Å². The van der Waals surface area contributed by atoms with Crippen molar-refractivity contribution in [1.29, 1.82) is 0 Å². The molecular formula is C14H20ClNO2. The van der Waals surface area contributed by atoms with Crippen LogP contribution in [0.5, 0.6) is 5.75 Å². The van der Waals surface area contributed by atoms with Gasteiger partial charge in [0.1, 0.15) is 5.75 Å². The Hall–Kier alpha value is -0.770. The monoisotopic (exact) mass is 269 g/mol. The highest BCUT2D eigenvalue weighted by atomic mass is 35.5. The minimum atomic E-state index is 0.198. The summed E-state index contributed by atoms with van der Waals surface area (Å²) < 4.78 is 10.5. The number of methoxy groups -OCH3 is 2. The Morgan fingerprint density at radius 1 is 1.33 bits per heavy atom. The first kappa shape index (κ1) is 13.7. The molecule has 1 N–H and O–H groups in total. The van der Waals surface area contributed by atoms with E-state index in [0.29, 0.717) is 0 Å². The lowest BCUT2D eigenvalue weighted by Gasteiger charge is -2.19. The topological polar surface area (TPSA) is 30.5 Å². The van der Waals surface area contributed by atoms with Gasteiger partial charge in [0.15, 0.2) is 0 Å². The zero-order valence-corrected chi connectivity index (χ0v) is 11.7. The molecule has 1 aliphatic rings. The van der Waals surface area contributed by atoms with Crippen LogP contribution in [-0.2, 0) is 10.2 Å². The molecule has 0 atom stereocenters. The molecule has 0 heterocycles. The summed E-state index contributed by atoms with van der Waals surface area (Å²) in [5, 5.41) is 4.21. The number of benzene rings is 1. The first-order valence-corrected chi connectivity index (χ1v) is 6.63. The van der Waals surface area contributed by atoms with Gasteiger partial charge in [-0.3, -0.25) is 0 Å². The lowest BCUT2D eigenvalue weighted by atomic mass is 9.95. The Morgan fingerprint density at radius 3 is 2.72 bits per heavy atom. The summed E-state index contributed by atoms with van der Waals surface area (Å²) in [6.45, 7) is 2.57. The number of ether oxygens (including phenoxy) is 2. The Kier molecular flexibility index (Phi) is 4.49. The highest BCUT2D eigenvalue weighted by Gasteiger charge is 2.45. The Labute approximate surface area is 113 Å². The lowest BCUT2D eigenvalue weighted by Crippen LogP contribution is -2.29.